The number of allylic oxidation sites excluding steroid dienone is 2. The summed E-state index contributed by atoms with van der Waals surface area (Å²) in [4.78, 5) is 25.5. The molecule has 7 heteroatoms. The van der Waals surface area contributed by atoms with Crippen molar-refractivity contribution in [2.75, 3.05) is 18.4 Å². The molecule has 2 aliphatic rings. The summed E-state index contributed by atoms with van der Waals surface area (Å²) in [6.45, 7) is 5.31. The second kappa shape index (κ2) is 8.11. The van der Waals surface area contributed by atoms with E-state index in [0.717, 1.165) is 23.2 Å². The number of rotatable bonds is 5. The van der Waals surface area contributed by atoms with Gasteiger partial charge in [0.1, 0.15) is 5.02 Å². The second-order valence-electron chi connectivity index (χ2n) is 7.72. The van der Waals surface area contributed by atoms with Crippen LogP contribution in [0.3, 0.4) is 0 Å². The van der Waals surface area contributed by atoms with Crippen molar-refractivity contribution >= 4 is 28.9 Å². The molecule has 4 rings (SSSR count). The summed E-state index contributed by atoms with van der Waals surface area (Å²) in [5, 5.41) is 15.0. The Kier molecular flexibility index (Phi) is 5.52. The minimum absolute atomic E-state index is 0.0387. The van der Waals surface area contributed by atoms with Gasteiger partial charge in [-0.05, 0) is 61.6 Å². The number of nitrogens with one attached hydrogen (secondary N) is 1. The van der Waals surface area contributed by atoms with Crippen molar-refractivity contribution in [1.82, 2.24) is 4.90 Å². The predicted molar refractivity (Wildman–Crippen MR) is 118 cm³/mol. The van der Waals surface area contributed by atoms with Crippen LogP contribution in [0.5, 0.6) is 0 Å². The standard InChI is InChI=1S/C23H24ClN3O3/c1-3-26(4-2)23(28)15-9-11-20-18(12-15)16-6-5-7-17(16)22(25-20)14-8-10-19(24)21(13-14)27(29)30/h5-6,8-13,16-17,22,25H,3-4,7H2,1-2H3. The number of anilines is 1. The SMILES string of the molecule is CCN(CC)C(=O)c1ccc2c(c1)C1C=CCC1C(c1ccc(Cl)c([N+](=O)[O-])c1)N2. The van der Waals surface area contributed by atoms with Gasteiger partial charge in [-0.15, -0.1) is 0 Å². The van der Waals surface area contributed by atoms with Crippen LogP contribution >= 0.6 is 11.6 Å². The van der Waals surface area contributed by atoms with Gasteiger partial charge in [0.2, 0.25) is 0 Å². The number of benzene rings is 2. The number of carbonyl (C=O) groups is 1. The van der Waals surface area contributed by atoms with E-state index in [1.54, 1.807) is 12.1 Å². The van der Waals surface area contributed by atoms with Crippen molar-refractivity contribution in [2.24, 2.45) is 5.92 Å². The number of nitro groups is 1. The first-order chi connectivity index (χ1) is 14.4. The lowest BCUT2D eigenvalue weighted by atomic mass is 9.76. The lowest BCUT2D eigenvalue weighted by Gasteiger charge is -2.37. The second-order valence-corrected chi connectivity index (χ2v) is 8.13. The van der Waals surface area contributed by atoms with Gasteiger partial charge in [-0.2, -0.15) is 0 Å². The number of hydrogen-bond donors (Lipinski definition) is 1. The Bertz CT molecular complexity index is 1030. The fraction of sp³-hybridized carbons (Fsp3) is 0.348. The molecule has 6 nitrogen and oxygen atoms in total. The molecule has 3 unspecified atom stereocenters. The highest BCUT2D eigenvalue weighted by atomic mass is 35.5. The van der Waals surface area contributed by atoms with Crippen LogP contribution in [-0.2, 0) is 0 Å². The molecular weight excluding hydrogens is 402 g/mol. The molecule has 1 N–H and O–H groups in total. The molecule has 0 spiro atoms. The van der Waals surface area contributed by atoms with E-state index in [1.165, 1.54) is 0 Å². The predicted octanol–water partition coefficient (Wildman–Crippen LogP) is 5.56. The van der Waals surface area contributed by atoms with Crippen LogP contribution in [0.2, 0.25) is 5.02 Å². The molecule has 0 saturated heterocycles. The molecule has 0 bridgehead atoms. The molecule has 0 aromatic heterocycles. The number of carbonyl (C=O) groups excluding carboxylic acids is 1. The third-order valence-corrected chi connectivity index (χ3v) is 6.51. The van der Waals surface area contributed by atoms with E-state index >= 15 is 0 Å². The van der Waals surface area contributed by atoms with Crippen molar-refractivity contribution in [2.45, 2.75) is 32.2 Å². The Morgan fingerprint density at radius 2 is 2.00 bits per heavy atom. The molecule has 2 aromatic rings. The largest absolute Gasteiger partial charge is 0.378 e. The van der Waals surface area contributed by atoms with Gasteiger partial charge in [-0.25, -0.2) is 0 Å². The number of hydrogen-bond acceptors (Lipinski definition) is 4. The molecule has 0 fully saturated rings. The van der Waals surface area contributed by atoms with Gasteiger partial charge in [-0.3, -0.25) is 14.9 Å². The quantitative estimate of drug-likeness (QED) is 0.386. The Morgan fingerprint density at radius 3 is 2.70 bits per heavy atom. The summed E-state index contributed by atoms with van der Waals surface area (Å²) in [6, 6.07) is 10.7. The van der Waals surface area contributed by atoms with Crippen LogP contribution in [0.4, 0.5) is 11.4 Å². The van der Waals surface area contributed by atoms with Gasteiger partial charge in [0.25, 0.3) is 11.6 Å². The van der Waals surface area contributed by atoms with E-state index in [1.807, 2.05) is 43.0 Å². The maximum absolute atomic E-state index is 12.8. The zero-order valence-corrected chi connectivity index (χ0v) is 17.7. The average Bonchev–Trinajstić information content (AvgIpc) is 3.24. The third kappa shape index (κ3) is 3.45. The summed E-state index contributed by atoms with van der Waals surface area (Å²) in [5.74, 6) is 0.416. The smallest absolute Gasteiger partial charge is 0.288 e. The molecule has 156 valence electrons. The first kappa shape index (κ1) is 20.4. The maximum atomic E-state index is 12.8. The van der Waals surface area contributed by atoms with E-state index in [0.29, 0.717) is 18.7 Å². The molecule has 3 atom stereocenters. The number of fused-ring (bicyclic) bond motifs is 3. The number of nitro benzene ring substituents is 1. The molecule has 0 saturated carbocycles. The molecule has 1 heterocycles. The van der Waals surface area contributed by atoms with Crippen LogP contribution in [0, 0.1) is 16.0 Å². The zero-order chi connectivity index (χ0) is 21.4. The Hall–Kier alpha value is -2.86. The van der Waals surface area contributed by atoms with Crippen LogP contribution < -0.4 is 5.32 Å². The van der Waals surface area contributed by atoms with Gasteiger partial charge in [0.05, 0.1) is 11.0 Å². The highest BCUT2D eigenvalue weighted by Crippen LogP contribution is 2.50. The Labute approximate surface area is 180 Å². The average molecular weight is 426 g/mol. The van der Waals surface area contributed by atoms with Crippen molar-refractivity contribution in [3.8, 4) is 0 Å². The Morgan fingerprint density at radius 1 is 1.23 bits per heavy atom. The van der Waals surface area contributed by atoms with Gasteiger partial charge in [-0.1, -0.05) is 29.8 Å². The van der Waals surface area contributed by atoms with E-state index in [-0.39, 0.29) is 34.5 Å². The van der Waals surface area contributed by atoms with E-state index in [9.17, 15) is 14.9 Å². The fourth-order valence-electron chi connectivity index (χ4n) is 4.61. The summed E-state index contributed by atoms with van der Waals surface area (Å²) in [5.41, 5.74) is 3.52. The fourth-order valence-corrected chi connectivity index (χ4v) is 4.80. The van der Waals surface area contributed by atoms with Crippen LogP contribution in [0.25, 0.3) is 0 Å². The van der Waals surface area contributed by atoms with Crippen LogP contribution in [0.15, 0.2) is 48.6 Å². The summed E-state index contributed by atoms with van der Waals surface area (Å²) < 4.78 is 0. The lowest BCUT2D eigenvalue weighted by Crippen LogP contribution is -2.32. The summed E-state index contributed by atoms with van der Waals surface area (Å²) >= 11 is 6.01. The number of nitrogens with zero attached hydrogens (tertiary/aromatic N) is 2. The van der Waals surface area contributed by atoms with Crippen molar-refractivity contribution < 1.29 is 9.72 Å². The lowest BCUT2D eigenvalue weighted by molar-refractivity contribution is -0.384. The molecular formula is C23H24ClN3O3. The number of halogens is 1. The van der Waals surface area contributed by atoms with Crippen molar-refractivity contribution in [1.29, 1.82) is 0 Å². The molecule has 30 heavy (non-hydrogen) atoms. The van der Waals surface area contributed by atoms with Gasteiger partial charge >= 0.3 is 0 Å². The first-order valence-electron chi connectivity index (χ1n) is 10.2. The monoisotopic (exact) mass is 425 g/mol. The van der Waals surface area contributed by atoms with E-state index < -0.39 is 4.92 Å². The van der Waals surface area contributed by atoms with Crippen molar-refractivity contribution in [3.63, 3.8) is 0 Å². The molecule has 1 aliphatic heterocycles. The molecule has 0 radical (unpaired) electrons. The number of amides is 1. The first-order valence-corrected chi connectivity index (χ1v) is 10.6. The summed E-state index contributed by atoms with van der Waals surface area (Å²) in [7, 11) is 0. The minimum Gasteiger partial charge on any atom is -0.378 e. The summed E-state index contributed by atoms with van der Waals surface area (Å²) in [6.07, 6.45) is 5.21. The van der Waals surface area contributed by atoms with Gasteiger partial charge in [0.15, 0.2) is 0 Å². The maximum Gasteiger partial charge on any atom is 0.288 e. The van der Waals surface area contributed by atoms with Gasteiger partial charge < -0.3 is 10.2 Å². The Balaban J connectivity index is 1.71. The molecule has 1 amide bonds. The van der Waals surface area contributed by atoms with Crippen molar-refractivity contribution in [3.05, 3.63) is 80.4 Å². The minimum atomic E-state index is -0.446. The highest BCUT2D eigenvalue weighted by Gasteiger charge is 2.38. The molecule has 2 aromatic carbocycles. The third-order valence-electron chi connectivity index (χ3n) is 6.19. The normalized spacial score (nSPS) is 21.5. The zero-order valence-electron chi connectivity index (χ0n) is 17.0. The van der Waals surface area contributed by atoms with Crippen LogP contribution in [-0.4, -0.2) is 28.8 Å². The highest BCUT2D eigenvalue weighted by molar-refractivity contribution is 6.32. The van der Waals surface area contributed by atoms with E-state index in [4.69, 9.17) is 11.6 Å². The van der Waals surface area contributed by atoms with Crippen LogP contribution in [0.1, 0.15) is 53.7 Å². The van der Waals surface area contributed by atoms with Gasteiger partial charge in [0, 0.05) is 36.3 Å². The molecule has 1 aliphatic carbocycles. The van der Waals surface area contributed by atoms with E-state index in [2.05, 4.69) is 17.5 Å². The topological polar surface area (TPSA) is 75.5 Å².